The molecule has 0 aliphatic rings. The second-order valence-corrected chi connectivity index (χ2v) is 5.05. The fourth-order valence-electron chi connectivity index (χ4n) is 1.83. The molecule has 0 spiro atoms. The Morgan fingerprint density at radius 3 is 2.78 bits per heavy atom. The quantitative estimate of drug-likeness (QED) is 0.879. The summed E-state index contributed by atoms with van der Waals surface area (Å²) in [5.41, 5.74) is 2.20. The molecular weight excluding hydrogens is 226 g/mol. The van der Waals surface area contributed by atoms with Crippen molar-refractivity contribution in [3.05, 3.63) is 29.8 Å². The zero-order chi connectivity index (χ0) is 13.1. The third-order valence-electron chi connectivity index (χ3n) is 2.82. The van der Waals surface area contributed by atoms with Gasteiger partial charge < -0.3 is 9.88 Å². The summed E-state index contributed by atoms with van der Waals surface area (Å²) >= 11 is 0. The van der Waals surface area contributed by atoms with Crippen LogP contribution >= 0.6 is 0 Å². The van der Waals surface area contributed by atoms with Crippen LogP contribution in [-0.2, 0) is 13.6 Å². The number of anilines is 1. The molecule has 0 atom stereocenters. The lowest BCUT2D eigenvalue weighted by Gasteiger charge is -2.11. The van der Waals surface area contributed by atoms with Gasteiger partial charge in [0.2, 0.25) is 5.95 Å². The number of hydrogen-bond acceptors (Lipinski definition) is 3. The summed E-state index contributed by atoms with van der Waals surface area (Å²) in [6.45, 7) is 8.11. The van der Waals surface area contributed by atoms with E-state index in [1.54, 1.807) is 0 Å². The van der Waals surface area contributed by atoms with Gasteiger partial charge in [-0.15, -0.1) is 0 Å². The molecule has 5 heteroatoms. The standard InChI is InChI=1S/C13H21N5/c1-10(2)7-14-13-16-11(3)8-18(13)9-12-5-6-15-17(12)4/h5-6,8,10H,7,9H2,1-4H3,(H,14,16). The van der Waals surface area contributed by atoms with Gasteiger partial charge in [-0.25, -0.2) is 4.98 Å². The molecule has 18 heavy (non-hydrogen) atoms. The molecule has 0 amide bonds. The molecule has 2 aromatic heterocycles. The molecule has 98 valence electrons. The van der Waals surface area contributed by atoms with E-state index >= 15 is 0 Å². The summed E-state index contributed by atoms with van der Waals surface area (Å²) in [6.07, 6.45) is 3.88. The summed E-state index contributed by atoms with van der Waals surface area (Å²) in [6, 6.07) is 2.03. The Morgan fingerprint density at radius 1 is 1.39 bits per heavy atom. The summed E-state index contributed by atoms with van der Waals surface area (Å²) in [5.74, 6) is 1.54. The van der Waals surface area contributed by atoms with Crippen molar-refractivity contribution in [2.45, 2.75) is 27.3 Å². The lowest BCUT2D eigenvalue weighted by molar-refractivity contribution is 0.654. The minimum Gasteiger partial charge on any atom is -0.355 e. The fourth-order valence-corrected chi connectivity index (χ4v) is 1.83. The topological polar surface area (TPSA) is 47.7 Å². The molecule has 0 bridgehead atoms. The van der Waals surface area contributed by atoms with Crippen molar-refractivity contribution in [1.29, 1.82) is 0 Å². The molecule has 0 radical (unpaired) electrons. The van der Waals surface area contributed by atoms with Gasteiger partial charge in [0.1, 0.15) is 0 Å². The molecule has 0 fully saturated rings. The van der Waals surface area contributed by atoms with Gasteiger partial charge in [-0.3, -0.25) is 4.68 Å². The second-order valence-electron chi connectivity index (χ2n) is 5.05. The summed E-state index contributed by atoms with van der Waals surface area (Å²) in [4.78, 5) is 4.51. The van der Waals surface area contributed by atoms with Crippen LogP contribution in [0.15, 0.2) is 18.5 Å². The third kappa shape index (κ3) is 2.91. The highest BCUT2D eigenvalue weighted by molar-refractivity contribution is 5.29. The Bertz CT molecular complexity index is 509. The summed E-state index contributed by atoms with van der Waals surface area (Å²) in [5, 5.41) is 7.57. The third-order valence-corrected chi connectivity index (χ3v) is 2.82. The van der Waals surface area contributed by atoms with Crippen LogP contribution in [0, 0.1) is 12.8 Å². The maximum atomic E-state index is 4.51. The maximum absolute atomic E-state index is 4.51. The van der Waals surface area contributed by atoms with Crippen LogP contribution in [0.4, 0.5) is 5.95 Å². The highest BCUT2D eigenvalue weighted by atomic mass is 15.3. The molecule has 0 aliphatic carbocycles. The normalized spacial score (nSPS) is 11.2. The highest BCUT2D eigenvalue weighted by Gasteiger charge is 2.08. The van der Waals surface area contributed by atoms with Crippen molar-refractivity contribution >= 4 is 5.95 Å². The van der Waals surface area contributed by atoms with E-state index in [1.807, 2.05) is 30.9 Å². The predicted molar refractivity (Wildman–Crippen MR) is 72.6 cm³/mol. The monoisotopic (exact) mass is 247 g/mol. The Balaban J connectivity index is 2.14. The molecular formula is C13H21N5. The number of hydrogen-bond donors (Lipinski definition) is 1. The van der Waals surface area contributed by atoms with Crippen molar-refractivity contribution in [1.82, 2.24) is 19.3 Å². The van der Waals surface area contributed by atoms with E-state index in [-0.39, 0.29) is 0 Å². The SMILES string of the molecule is Cc1cn(Cc2ccnn2C)c(NCC(C)C)n1. The second kappa shape index (κ2) is 5.25. The van der Waals surface area contributed by atoms with Crippen LogP contribution < -0.4 is 5.32 Å². The van der Waals surface area contributed by atoms with E-state index in [0.717, 1.165) is 24.7 Å². The fraction of sp³-hybridized carbons (Fsp3) is 0.538. The minimum absolute atomic E-state index is 0.604. The highest BCUT2D eigenvalue weighted by Crippen LogP contribution is 2.12. The molecule has 2 heterocycles. The van der Waals surface area contributed by atoms with Gasteiger partial charge >= 0.3 is 0 Å². The Labute approximate surface area is 108 Å². The average Bonchev–Trinajstić information content (AvgIpc) is 2.84. The molecule has 0 saturated carbocycles. The van der Waals surface area contributed by atoms with Crippen LogP contribution in [0.5, 0.6) is 0 Å². The van der Waals surface area contributed by atoms with Gasteiger partial charge in [0.25, 0.3) is 0 Å². The van der Waals surface area contributed by atoms with E-state index in [0.29, 0.717) is 5.92 Å². The first-order chi connectivity index (χ1) is 8.56. The number of imidazole rings is 1. The lowest BCUT2D eigenvalue weighted by Crippen LogP contribution is -2.14. The molecule has 0 aromatic carbocycles. The Hall–Kier alpha value is -1.78. The van der Waals surface area contributed by atoms with Crippen molar-refractivity contribution in [2.24, 2.45) is 13.0 Å². The average molecular weight is 247 g/mol. The van der Waals surface area contributed by atoms with Crippen molar-refractivity contribution in [2.75, 3.05) is 11.9 Å². The first-order valence-corrected chi connectivity index (χ1v) is 6.31. The number of rotatable bonds is 5. The smallest absolute Gasteiger partial charge is 0.203 e. The van der Waals surface area contributed by atoms with Crippen LogP contribution in [-0.4, -0.2) is 25.9 Å². The molecule has 0 aliphatic heterocycles. The van der Waals surface area contributed by atoms with Crippen LogP contribution in [0.3, 0.4) is 0 Å². The van der Waals surface area contributed by atoms with Crippen LogP contribution in [0.1, 0.15) is 25.2 Å². The van der Waals surface area contributed by atoms with Crippen molar-refractivity contribution < 1.29 is 0 Å². The summed E-state index contributed by atoms with van der Waals surface area (Å²) < 4.78 is 4.02. The van der Waals surface area contributed by atoms with Crippen molar-refractivity contribution in [3.8, 4) is 0 Å². The Kier molecular flexibility index (Phi) is 3.69. The zero-order valence-corrected chi connectivity index (χ0v) is 11.5. The Morgan fingerprint density at radius 2 is 2.17 bits per heavy atom. The van der Waals surface area contributed by atoms with E-state index in [9.17, 15) is 0 Å². The van der Waals surface area contributed by atoms with Gasteiger partial charge in [-0.05, 0) is 18.9 Å². The molecule has 1 N–H and O–H groups in total. The van der Waals surface area contributed by atoms with Gasteiger partial charge in [0, 0.05) is 26.0 Å². The van der Waals surface area contributed by atoms with E-state index < -0.39 is 0 Å². The molecule has 2 aromatic rings. The number of nitrogens with one attached hydrogen (secondary N) is 1. The minimum atomic E-state index is 0.604. The molecule has 0 unspecified atom stereocenters. The molecule has 2 rings (SSSR count). The van der Waals surface area contributed by atoms with Gasteiger partial charge in [-0.1, -0.05) is 13.8 Å². The van der Waals surface area contributed by atoms with Gasteiger partial charge in [0.15, 0.2) is 0 Å². The lowest BCUT2D eigenvalue weighted by atomic mass is 10.2. The zero-order valence-electron chi connectivity index (χ0n) is 11.5. The van der Waals surface area contributed by atoms with E-state index in [4.69, 9.17) is 0 Å². The number of nitrogens with zero attached hydrogens (tertiary/aromatic N) is 4. The predicted octanol–water partition coefficient (Wildman–Crippen LogP) is 2.04. The summed E-state index contributed by atoms with van der Waals surface area (Å²) in [7, 11) is 1.96. The van der Waals surface area contributed by atoms with Gasteiger partial charge in [0.05, 0.1) is 17.9 Å². The first-order valence-electron chi connectivity index (χ1n) is 6.31. The van der Waals surface area contributed by atoms with Crippen molar-refractivity contribution in [3.63, 3.8) is 0 Å². The molecule has 5 nitrogen and oxygen atoms in total. The van der Waals surface area contributed by atoms with Gasteiger partial charge in [-0.2, -0.15) is 5.10 Å². The molecule has 0 saturated heterocycles. The first kappa shape index (κ1) is 12.7. The maximum Gasteiger partial charge on any atom is 0.203 e. The van der Waals surface area contributed by atoms with E-state index in [1.165, 1.54) is 5.69 Å². The number of aromatic nitrogens is 4. The largest absolute Gasteiger partial charge is 0.355 e. The van der Waals surface area contributed by atoms with E-state index in [2.05, 4.69) is 40.0 Å². The van der Waals surface area contributed by atoms with Crippen LogP contribution in [0.25, 0.3) is 0 Å². The number of aryl methyl sites for hydroxylation is 2. The van der Waals surface area contributed by atoms with Crippen LogP contribution in [0.2, 0.25) is 0 Å².